The van der Waals surface area contributed by atoms with Crippen molar-refractivity contribution >= 4 is 46.1 Å². The fourth-order valence-electron chi connectivity index (χ4n) is 6.86. The van der Waals surface area contributed by atoms with Crippen molar-refractivity contribution in [2.24, 2.45) is 5.73 Å². The van der Waals surface area contributed by atoms with Gasteiger partial charge in [-0.2, -0.15) is 10.2 Å². The van der Waals surface area contributed by atoms with Crippen LogP contribution in [-0.4, -0.2) is 109 Å². The summed E-state index contributed by atoms with van der Waals surface area (Å²) in [5.74, 6) is 1.80. The van der Waals surface area contributed by atoms with Gasteiger partial charge in [0.05, 0.1) is 22.3 Å². The highest BCUT2D eigenvalue weighted by molar-refractivity contribution is 6.30. The normalized spacial score (nSPS) is 16.1. The Kier molecular flexibility index (Phi) is 11.1. The van der Waals surface area contributed by atoms with Crippen LogP contribution >= 0.6 is 11.6 Å². The van der Waals surface area contributed by atoms with E-state index in [1.807, 2.05) is 53.6 Å². The van der Waals surface area contributed by atoms with Crippen LogP contribution < -0.4 is 20.9 Å². The number of pyridine rings is 2. The van der Waals surface area contributed by atoms with Crippen molar-refractivity contribution in [2.75, 3.05) is 36.0 Å². The molecule has 300 valence electrons. The van der Waals surface area contributed by atoms with E-state index in [-0.39, 0.29) is 23.4 Å². The molecule has 59 heavy (non-hydrogen) atoms. The van der Waals surface area contributed by atoms with Crippen molar-refractivity contribution in [3.05, 3.63) is 139 Å². The van der Waals surface area contributed by atoms with Gasteiger partial charge in [0.1, 0.15) is 5.75 Å². The predicted octanol–water partition coefficient (Wildman–Crippen LogP) is 4.12. The Labute approximate surface area is 341 Å². The minimum Gasteiger partial charge on any atom is -0.506 e. The Morgan fingerprint density at radius 2 is 1.29 bits per heavy atom. The fourth-order valence-corrected chi connectivity index (χ4v) is 6.97. The van der Waals surface area contributed by atoms with E-state index in [1.165, 1.54) is 35.3 Å². The molecule has 1 amide bonds. The summed E-state index contributed by atoms with van der Waals surface area (Å²) in [7, 11) is 0. The molecule has 18 nitrogen and oxygen atoms in total. The van der Waals surface area contributed by atoms with Crippen LogP contribution in [0.15, 0.2) is 123 Å². The van der Waals surface area contributed by atoms with Crippen LogP contribution in [0.4, 0.5) is 11.6 Å². The Balaban J connectivity index is 0.000000136. The lowest BCUT2D eigenvalue weighted by molar-refractivity contribution is 0.0689. The first-order valence-corrected chi connectivity index (χ1v) is 19.1. The Morgan fingerprint density at radius 3 is 1.85 bits per heavy atom. The Hall–Kier alpha value is -7.31. The highest BCUT2D eigenvalue weighted by Gasteiger charge is 2.27. The van der Waals surface area contributed by atoms with Gasteiger partial charge in [-0.05, 0) is 73.5 Å². The summed E-state index contributed by atoms with van der Waals surface area (Å²) in [6.45, 7) is 3.48. The second-order valence-corrected chi connectivity index (χ2v) is 14.2. The largest absolute Gasteiger partial charge is 0.506 e. The average molecular weight is 815 g/mol. The van der Waals surface area contributed by atoms with Crippen molar-refractivity contribution in [1.82, 2.24) is 53.6 Å². The molecule has 0 bridgehead atoms. The summed E-state index contributed by atoms with van der Waals surface area (Å²) < 4.78 is 7.02. The van der Waals surface area contributed by atoms with Gasteiger partial charge in [0.15, 0.2) is 34.7 Å². The summed E-state index contributed by atoms with van der Waals surface area (Å²) in [5, 5.41) is 29.4. The van der Waals surface area contributed by atoms with Gasteiger partial charge in [-0.1, -0.05) is 11.6 Å². The maximum atomic E-state index is 12.6. The first-order chi connectivity index (χ1) is 28.7. The summed E-state index contributed by atoms with van der Waals surface area (Å²) in [6.07, 6.45) is 19.5. The van der Waals surface area contributed by atoms with E-state index in [9.17, 15) is 9.59 Å². The van der Waals surface area contributed by atoms with E-state index in [2.05, 4.69) is 55.7 Å². The first-order valence-electron chi connectivity index (χ1n) is 18.7. The number of hydrogen-bond acceptors (Lipinski definition) is 12. The second kappa shape index (κ2) is 17.0. The zero-order valence-corrected chi connectivity index (χ0v) is 32.2. The third kappa shape index (κ3) is 8.83. The van der Waals surface area contributed by atoms with Crippen LogP contribution in [0.3, 0.4) is 0 Å². The molecule has 8 aromatic rings. The summed E-state index contributed by atoms with van der Waals surface area (Å²) in [6, 6.07) is 18.0. The number of hydrogen-bond donors (Lipinski definition) is 4. The number of nitrogens with zero attached hydrogens (tertiary/aromatic N) is 12. The monoisotopic (exact) mass is 814 g/mol. The lowest BCUT2D eigenvalue weighted by Gasteiger charge is -2.18. The smallest absolute Gasteiger partial charge is 0.356 e. The standard InChI is InChI=1S/C20H18ClN7O.C11H14N4.C9H7N3O3/c21-14-3-4-18(23-12-14)28-10-6-16(25-28)20(29)24-15-5-9-27(13-15)19-17-2-1-8-26(17)11-7-22-19;12-9-3-6-15(8-9)11-10-2-1-5-14(10)7-4-13-11;13-6-1-2-8(10-5-6)12-4-3-7(11-12)9(14)15/h1-4,6-8,10-12,15H,5,9,13H2,(H,24,29);1-2,4-5,7,9H,3,6,8,12H2;1-5,13H,(H,14,15)/t15-;9-;/m00./s1. The van der Waals surface area contributed by atoms with Gasteiger partial charge in [0.25, 0.3) is 5.91 Å². The molecular weight excluding hydrogens is 776 g/mol. The van der Waals surface area contributed by atoms with Gasteiger partial charge in [-0.25, -0.2) is 34.1 Å². The summed E-state index contributed by atoms with van der Waals surface area (Å²) in [4.78, 5) is 44.7. The molecule has 0 saturated carbocycles. The molecular formula is C40H39ClN14O4. The number of fused-ring (bicyclic) bond motifs is 2. The highest BCUT2D eigenvalue weighted by atomic mass is 35.5. The number of nitrogens with two attached hydrogens (primary N) is 1. The van der Waals surface area contributed by atoms with Gasteiger partial charge < -0.3 is 39.9 Å². The van der Waals surface area contributed by atoms with Crippen molar-refractivity contribution in [1.29, 1.82) is 0 Å². The zero-order chi connectivity index (χ0) is 40.9. The first kappa shape index (κ1) is 38.6. The minimum atomic E-state index is -1.09. The van der Waals surface area contributed by atoms with E-state index in [1.54, 1.807) is 41.5 Å². The van der Waals surface area contributed by atoms with Crippen molar-refractivity contribution in [2.45, 2.75) is 24.9 Å². The number of aromatic hydroxyl groups is 1. The molecule has 2 aliphatic heterocycles. The van der Waals surface area contributed by atoms with Crippen LogP contribution in [0, 0.1) is 0 Å². The lowest BCUT2D eigenvalue weighted by atomic mass is 10.2. The van der Waals surface area contributed by atoms with Crippen LogP contribution in [0.2, 0.25) is 5.02 Å². The van der Waals surface area contributed by atoms with E-state index < -0.39 is 5.97 Å². The molecule has 10 heterocycles. The van der Waals surface area contributed by atoms with E-state index in [0.29, 0.717) is 34.9 Å². The zero-order valence-electron chi connectivity index (χ0n) is 31.5. The van der Waals surface area contributed by atoms with Gasteiger partial charge in [-0.15, -0.1) is 0 Å². The number of aromatic nitrogens is 10. The molecule has 0 radical (unpaired) electrons. The average Bonchev–Trinajstić information content (AvgIpc) is 4.10. The molecule has 8 aromatic heterocycles. The third-order valence-electron chi connectivity index (χ3n) is 9.75. The van der Waals surface area contributed by atoms with Crippen LogP contribution in [-0.2, 0) is 0 Å². The highest BCUT2D eigenvalue weighted by Crippen LogP contribution is 2.24. The number of nitrogens with one attached hydrogen (secondary N) is 1. The summed E-state index contributed by atoms with van der Waals surface area (Å²) in [5.41, 5.74) is 8.43. The number of carboxylic acids is 1. The molecule has 2 aliphatic rings. The number of carbonyl (C=O) groups excluding carboxylic acids is 1. The SMILES string of the molecule is N[C@H]1CCN(c2nccn3cccc23)C1.O=C(N[C@H]1CCN(c2nccn3cccc23)C1)c1ccn(-c2ccc(Cl)cn2)n1.O=C(O)c1ccn(-c2ccc(O)cn2)n1. The number of anilines is 2. The molecule has 0 aromatic carbocycles. The molecule has 0 unspecified atom stereocenters. The molecule has 0 spiro atoms. The molecule has 19 heteroatoms. The molecule has 5 N–H and O–H groups in total. The number of amides is 1. The molecule has 0 aliphatic carbocycles. The van der Waals surface area contributed by atoms with Gasteiger partial charge >= 0.3 is 5.97 Å². The number of carbonyl (C=O) groups is 2. The molecule has 10 rings (SSSR count). The Bertz CT molecular complexity index is 2690. The Morgan fingerprint density at radius 1 is 0.695 bits per heavy atom. The van der Waals surface area contributed by atoms with Crippen molar-refractivity contribution in [3.8, 4) is 17.4 Å². The fraction of sp³-hybridized carbons (Fsp3) is 0.200. The molecule has 2 saturated heterocycles. The van der Waals surface area contributed by atoms with E-state index >= 15 is 0 Å². The van der Waals surface area contributed by atoms with Crippen molar-refractivity contribution in [3.63, 3.8) is 0 Å². The maximum Gasteiger partial charge on any atom is 0.356 e. The van der Waals surface area contributed by atoms with Gasteiger partial charge in [0, 0.05) is 94.0 Å². The van der Waals surface area contributed by atoms with Gasteiger partial charge in [-0.3, -0.25) is 4.79 Å². The number of halogens is 1. The number of rotatable bonds is 7. The topological polar surface area (TPSA) is 215 Å². The minimum absolute atomic E-state index is 0.0401. The summed E-state index contributed by atoms with van der Waals surface area (Å²) >= 11 is 5.87. The number of aromatic carboxylic acids is 1. The maximum absolute atomic E-state index is 12.6. The predicted molar refractivity (Wildman–Crippen MR) is 220 cm³/mol. The second-order valence-electron chi connectivity index (χ2n) is 13.8. The van der Waals surface area contributed by atoms with Crippen LogP contribution in [0.1, 0.15) is 33.8 Å². The van der Waals surface area contributed by atoms with Gasteiger partial charge in [0.2, 0.25) is 0 Å². The van der Waals surface area contributed by atoms with Crippen molar-refractivity contribution < 1.29 is 19.8 Å². The van der Waals surface area contributed by atoms with Crippen LogP contribution in [0.5, 0.6) is 5.75 Å². The lowest BCUT2D eigenvalue weighted by Crippen LogP contribution is -2.37. The third-order valence-corrected chi connectivity index (χ3v) is 9.98. The van der Waals surface area contributed by atoms with E-state index in [0.717, 1.165) is 55.1 Å². The number of carboxylic acid groups (broad SMARTS) is 1. The quantitative estimate of drug-likeness (QED) is 0.178. The van der Waals surface area contributed by atoms with Crippen LogP contribution in [0.25, 0.3) is 22.7 Å². The van der Waals surface area contributed by atoms with E-state index in [4.69, 9.17) is 27.5 Å². The molecule has 2 atom stereocenters. The molecule has 2 fully saturated rings.